The maximum Gasteiger partial charge on any atom is 0.227 e. The largest absolute Gasteiger partial charge is 0.435 e. The van der Waals surface area contributed by atoms with Crippen LogP contribution in [0.5, 0.6) is 0 Å². The highest BCUT2D eigenvalue weighted by Crippen LogP contribution is 2.32. The van der Waals surface area contributed by atoms with Gasteiger partial charge in [-0.1, -0.05) is 60.7 Å². The minimum atomic E-state index is 0.661. The molecular weight excluding hydrogens is 258 g/mol. The number of nitrogens with zero attached hydrogens (tertiary/aromatic N) is 1. The molecule has 0 fully saturated rings. The summed E-state index contributed by atoms with van der Waals surface area (Å²) in [5.41, 5.74) is 4.92. The maximum atomic E-state index is 6.03. The van der Waals surface area contributed by atoms with Gasteiger partial charge < -0.3 is 4.42 Å². The van der Waals surface area contributed by atoms with Gasteiger partial charge in [-0.3, -0.25) is 0 Å². The van der Waals surface area contributed by atoms with Crippen molar-refractivity contribution >= 4 is 11.1 Å². The van der Waals surface area contributed by atoms with Crippen molar-refractivity contribution in [2.24, 2.45) is 0 Å². The van der Waals surface area contributed by atoms with E-state index < -0.39 is 0 Å². The summed E-state index contributed by atoms with van der Waals surface area (Å²) in [6.07, 6.45) is 0. The van der Waals surface area contributed by atoms with Gasteiger partial charge in [0.2, 0.25) is 5.89 Å². The van der Waals surface area contributed by atoms with Crippen LogP contribution < -0.4 is 0 Å². The van der Waals surface area contributed by atoms with Gasteiger partial charge in [-0.25, -0.2) is 4.98 Å². The van der Waals surface area contributed by atoms with E-state index in [4.69, 9.17) is 4.42 Å². The van der Waals surface area contributed by atoms with Gasteiger partial charge in [0.05, 0.1) is 0 Å². The molecule has 2 nitrogen and oxygen atoms in total. The summed E-state index contributed by atoms with van der Waals surface area (Å²) in [6.45, 7) is 0. The highest BCUT2D eigenvalue weighted by molar-refractivity contribution is 5.91. The molecule has 0 unspecified atom stereocenters. The Bertz CT molecular complexity index is 879. The summed E-state index contributed by atoms with van der Waals surface area (Å²) < 4.78 is 6.03. The van der Waals surface area contributed by atoms with E-state index in [0.29, 0.717) is 5.89 Å². The number of para-hydroxylation sites is 1. The Morgan fingerprint density at radius 3 is 2.00 bits per heavy atom. The Balaban J connectivity index is 1.93. The van der Waals surface area contributed by atoms with Gasteiger partial charge in [-0.2, -0.15) is 0 Å². The number of benzene rings is 3. The van der Waals surface area contributed by atoms with Crippen molar-refractivity contribution in [3.63, 3.8) is 0 Å². The maximum absolute atomic E-state index is 6.03. The molecule has 4 rings (SSSR count). The molecule has 0 aliphatic rings. The topological polar surface area (TPSA) is 26.0 Å². The zero-order valence-corrected chi connectivity index (χ0v) is 11.4. The second-order valence-electron chi connectivity index (χ2n) is 4.90. The zero-order chi connectivity index (χ0) is 14.1. The Hall–Kier alpha value is -2.87. The van der Waals surface area contributed by atoms with E-state index in [1.165, 1.54) is 0 Å². The Labute approximate surface area is 122 Å². The standard InChI is InChI=1S/C19H13NO/c1-3-8-14(9-4-1)16-12-7-13-17-18(16)21-19(20-17)15-10-5-2-6-11-15/h1-13H. The van der Waals surface area contributed by atoms with Gasteiger partial charge in [0.25, 0.3) is 0 Å². The summed E-state index contributed by atoms with van der Waals surface area (Å²) in [7, 11) is 0. The third-order valence-corrected chi connectivity index (χ3v) is 3.52. The van der Waals surface area contributed by atoms with Crippen molar-refractivity contribution in [1.82, 2.24) is 4.98 Å². The Kier molecular flexibility index (Phi) is 2.79. The van der Waals surface area contributed by atoms with E-state index in [0.717, 1.165) is 27.8 Å². The quantitative estimate of drug-likeness (QED) is 0.503. The van der Waals surface area contributed by atoms with E-state index in [-0.39, 0.29) is 0 Å². The molecule has 2 heteroatoms. The lowest BCUT2D eigenvalue weighted by Crippen LogP contribution is -1.77. The van der Waals surface area contributed by atoms with Crippen LogP contribution in [0.15, 0.2) is 83.3 Å². The number of hydrogen-bond donors (Lipinski definition) is 0. The molecule has 21 heavy (non-hydrogen) atoms. The van der Waals surface area contributed by atoms with Gasteiger partial charge in [-0.15, -0.1) is 0 Å². The van der Waals surface area contributed by atoms with Crippen LogP contribution in [-0.4, -0.2) is 4.98 Å². The SMILES string of the molecule is c1ccc(-c2nc3cccc(-c4ccccc4)c3o2)cc1. The Morgan fingerprint density at radius 1 is 0.619 bits per heavy atom. The van der Waals surface area contributed by atoms with Crippen molar-refractivity contribution in [3.8, 4) is 22.6 Å². The van der Waals surface area contributed by atoms with Crippen molar-refractivity contribution in [2.75, 3.05) is 0 Å². The normalized spacial score (nSPS) is 10.9. The summed E-state index contributed by atoms with van der Waals surface area (Å²) in [5.74, 6) is 0.661. The van der Waals surface area contributed by atoms with E-state index in [1.54, 1.807) is 0 Å². The average Bonchev–Trinajstić information content (AvgIpc) is 3.00. The van der Waals surface area contributed by atoms with Gasteiger partial charge in [0.1, 0.15) is 5.52 Å². The molecule has 100 valence electrons. The van der Waals surface area contributed by atoms with Crippen LogP contribution in [0.25, 0.3) is 33.7 Å². The van der Waals surface area contributed by atoms with Crippen molar-refractivity contribution in [1.29, 1.82) is 0 Å². The molecule has 1 aromatic heterocycles. The fourth-order valence-electron chi connectivity index (χ4n) is 2.50. The number of oxazole rings is 1. The first-order chi connectivity index (χ1) is 10.4. The lowest BCUT2D eigenvalue weighted by atomic mass is 10.1. The lowest BCUT2D eigenvalue weighted by Gasteiger charge is -2.00. The highest BCUT2D eigenvalue weighted by Gasteiger charge is 2.12. The number of hydrogen-bond acceptors (Lipinski definition) is 2. The molecule has 3 aromatic carbocycles. The molecule has 0 radical (unpaired) electrons. The van der Waals surface area contributed by atoms with Crippen LogP contribution >= 0.6 is 0 Å². The summed E-state index contributed by atoms with van der Waals surface area (Å²) >= 11 is 0. The van der Waals surface area contributed by atoms with Crippen LogP contribution in [0.3, 0.4) is 0 Å². The molecule has 0 N–H and O–H groups in total. The lowest BCUT2D eigenvalue weighted by molar-refractivity contribution is 0.621. The van der Waals surface area contributed by atoms with Gasteiger partial charge in [0, 0.05) is 11.1 Å². The minimum Gasteiger partial charge on any atom is -0.435 e. The first-order valence-corrected chi connectivity index (χ1v) is 6.92. The Morgan fingerprint density at radius 2 is 1.29 bits per heavy atom. The molecule has 0 aliphatic heterocycles. The van der Waals surface area contributed by atoms with Crippen LogP contribution in [0, 0.1) is 0 Å². The molecule has 0 saturated carbocycles. The molecule has 0 saturated heterocycles. The fraction of sp³-hybridized carbons (Fsp3) is 0. The summed E-state index contributed by atoms with van der Waals surface area (Å²) in [6, 6.07) is 26.3. The number of aromatic nitrogens is 1. The highest BCUT2D eigenvalue weighted by atomic mass is 16.3. The minimum absolute atomic E-state index is 0.661. The smallest absolute Gasteiger partial charge is 0.227 e. The average molecular weight is 271 g/mol. The predicted octanol–water partition coefficient (Wildman–Crippen LogP) is 5.16. The van der Waals surface area contributed by atoms with Crippen LogP contribution in [0.4, 0.5) is 0 Å². The molecule has 1 heterocycles. The first kappa shape index (κ1) is 11.9. The summed E-state index contributed by atoms with van der Waals surface area (Å²) in [5, 5.41) is 0. The van der Waals surface area contributed by atoms with E-state index in [9.17, 15) is 0 Å². The molecule has 0 amide bonds. The molecule has 0 spiro atoms. The molecule has 0 bridgehead atoms. The van der Waals surface area contributed by atoms with Gasteiger partial charge in [-0.05, 0) is 23.8 Å². The fourth-order valence-corrected chi connectivity index (χ4v) is 2.50. The van der Waals surface area contributed by atoms with E-state index in [1.807, 2.05) is 60.7 Å². The van der Waals surface area contributed by atoms with Crippen LogP contribution in [0.1, 0.15) is 0 Å². The number of rotatable bonds is 2. The second kappa shape index (κ2) is 4.91. The second-order valence-corrected chi connectivity index (χ2v) is 4.90. The third-order valence-electron chi connectivity index (χ3n) is 3.52. The summed E-state index contributed by atoms with van der Waals surface area (Å²) in [4.78, 5) is 4.60. The first-order valence-electron chi connectivity index (χ1n) is 6.92. The molecule has 0 aliphatic carbocycles. The van der Waals surface area contributed by atoms with E-state index >= 15 is 0 Å². The van der Waals surface area contributed by atoms with Crippen molar-refractivity contribution in [2.45, 2.75) is 0 Å². The van der Waals surface area contributed by atoms with Crippen molar-refractivity contribution in [3.05, 3.63) is 78.9 Å². The molecular formula is C19H13NO. The van der Waals surface area contributed by atoms with Gasteiger partial charge in [0.15, 0.2) is 5.58 Å². The molecule has 0 atom stereocenters. The van der Waals surface area contributed by atoms with E-state index in [2.05, 4.69) is 23.2 Å². The van der Waals surface area contributed by atoms with Gasteiger partial charge >= 0.3 is 0 Å². The zero-order valence-electron chi connectivity index (χ0n) is 11.4. The molecule has 4 aromatic rings. The third kappa shape index (κ3) is 2.11. The number of fused-ring (bicyclic) bond motifs is 1. The van der Waals surface area contributed by atoms with Crippen molar-refractivity contribution < 1.29 is 4.42 Å². The predicted molar refractivity (Wildman–Crippen MR) is 84.9 cm³/mol. The van der Waals surface area contributed by atoms with Crippen LogP contribution in [0.2, 0.25) is 0 Å². The van der Waals surface area contributed by atoms with Crippen LogP contribution in [-0.2, 0) is 0 Å². The monoisotopic (exact) mass is 271 g/mol.